The molecule has 0 radical (unpaired) electrons. The molecule has 1 aliphatic carbocycles. The molecule has 9 rings (SSSR count). The molecule has 4 heteroatoms. The quantitative estimate of drug-likeness (QED) is 0.200. The molecule has 0 saturated carbocycles. The average molecular weight is 608 g/mol. The molecule has 0 fully saturated rings. The summed E-state index contributed by atoms with van der Waals surface area (Å²) in [5.41, 5.74) is 11.9. The maximum absolute atomic E-state index is 5.37. The van der Waals surface area contributed by atoms with Crippen LogP contribution in [0.5, 0.6) is 0 Å². The van der Waals surface area contributed by atoms with Crippen LogP contribution in [0.4, 0.5) is 0 Å². The molecule has 0 saturated heterocycles. The van der Waals surface area contributed by atoms with Crippen LogP contribution >= 0.6 is 11.3 Å². The van der Waals surface area contributed by atoms with E-state index in [1.807, 2.05) is 35.7 Å². The molecule has 0 aliphatic heterocycles. The first-order chi connectivity index (χ1) is 22.6. The third-order valence-electron chi connectivity index (χ3n) is 9.34. The fraction of sp³-hybridized carbons (Fsp3) is 0.0714. The lowest BCUT2D eigenvalue weighted by molar-refractivity contribution is 0.658. The van der Waals surface area contributed by atoms with Crippen molar-refractivity contribution >= 4 is 31.5 Å². The van der Waals surface area contributed by atoms with Crippen LogP contribution in [0.3, 0.4) is 0 Å². The summed E-state index contributed by atoms with van der Waals surface area (Å²) in [7, 11) is 0. The lowest BCUT2D eigenvalue weighted by atomic mass is 9.80. The predicted molar refractivity (Wildman–Crippen MR) is 192 cm³/mol. The molecule has 46 heavy (non-hydrogen) atoms. The third-order valence-corrected chi connectivity index (χ3v) is 10.6. The number of fused-ring (bicyclic) bond motifs is 6. The molecular formula is C42H29N3S. The second-order valence-electron chi connectivity index (χ2n) is 12.4. The summed E-state index contributed by atoms with van der Waals surface area (Å²) in [5, 5.41) is 2.61. The Morgan fingerprint density at radius 1 is 0.543 bits per heavy atom. The minimum absolute atomic E-state index is 0.238. The van der Waals surface area contributed by atoms with E-state index in [-0.39, 0.29) is 5.41 Å². The van der Waals surface area contributed by atoms with Crippen LogP contribution < -0.4 is 0 Å². The molecule has 0 N–H and O–H groups in total. The first-order valence-electron chi connectivity index (χ1n) is 15.6. The van der Waals surface area contributed by atoms with E-state index < -0.39 is 0 Å². The van der Waals surface area contributed by atoms with Gasteiger partial charge in [-0.1, -0.05) is 123 Å². The normalized spacial score (nSPS) is 13.2. The molecule has 0 spiro atoms. The molecule has 3 heterocycles. The molecule has 1 aliphatic rings. The van der Waals surface area contributed by atoms with Crippen LogP contribution in [0, 0.1) is 0 Å². The second-order valence-corrected chi connectivity index (χ2v) is 13.5. The number of aromatic nitrogens is 3. The molecule has 0 unspecified atom stereocenters. The van der Waals surface area contributed by atoms with E-state index in [0.29, 0.717) is 0 Å². The number of hydrogen-bond donors (Lipinski definition) is 0. The van der Waals surface area contributed by atoms with Crippen LogP contribution in [0.15, 0.2) is 140 Å². The monoisotopic (exact) mass is 607 g/mol. The van der Waals surface area contributed by atoms with Crippen LogP contribution in [-0.4, -0.2) is 15.0 Å². The van der Waals surface area contributed by atoms with Gasteiger partial charge in [0, 0.05) is 59.6 Å². The Bertz CT molecular complexity index is 2440. The van der Waals surface area contributed by atoms with E-state index in [9.17, 15) is 0 Å². The van der Waals surface area contributed by atoms with Gasteiger partial charge in [-0.25, -0.2) is 9.97 Å². The summed E-state index contributed by atoms with van der Waals surface area (Å²) in [6.07, 6.45) is 1.84. The lowest BCUT2D eigenvalue weighted by Crippen LogP contribution is -2.17. The van der Waals surface area contributed by atoms with Crippen LogP contribution in [0.1, 0.15) is 25.0 Å². The lowest BCUT2D eigenvalue weighted by Gasteiger charge is -2.24. The van der Waals surface area contributed by atoms with Gasteiger partial charge in [0.05, 0.1) is 17.1 Å². The molecule has 3 nitrogen and oxygen atoms in total. The number of thiophene rings is 1. The van der Waals surface area contributed by atoms with Crippen molar-refractivity contribution in [1.29, 1.82) is 0 Å². The van der Waals surface area contributed by atoms with Crippen LogP contribution in [-0.2, 0) is 5.41 Å². The maximum atomic E-state index is 5.37. The number of benzene rings is 5. The van der Waals surface area contributed by atoms with E-state index in [1.54, 1.807) is 0 Å². The first-order valence-corrected chi connectivity index (χ1v) is 16.4. The fourth-order valence-electron chi connectivity index (χ4n) is 7.09. The number of rotatable bonds is 4. The van der Waals surface area contributed by atoms with E-state index in [0.717, 1.165) is 39.6 Å². The summed E-state index contributed by atoms with van der Waals surface area (Å²) < 4.78 is 2.61. The molecule has 5 aromatic carbocycles. The van der Waals surface area contributed by atoms with Gasteiger partial charge in [0.15, 0.2) is 5.82 Å². The third kappa shape index (κ3) is 4.14. The van der Waals surface area contributed by atoms with Crippen molar-refractivity contribution in [3.63, 3.8) is 0 Å². The molecule has 218 valence electrons. The standard InChI is InChI=1S/C42H29N3S/c1-42(2)34-17-5-3-14-33(34)39-37(42)38(27-22-20-26(21-23-27)35-18-7-8-24-43-35)44-41(45-39)29-12-9-11-28(25-29)30-15-10-16-32-31-13-4-6-19-36(31)46-40(30)32/h3-25H,1-2H3. The summed E-state index contributed by atoms with van der Waals surface area (Å²) in [4.78, 5) is 15.3. The Hall–Kier alpha value is -5.45. The Kier molecular flexibility index (Phi) is 6.02. The zero-order valence-electron chi connectivity index (χ0n) is 25.5. The van der Waals surface area contributed by atoms with Crippen molar-refractivity contribution in [3.05, 3.63) is 151 Å². The zero-order valence-corrected chi connectivity index (χ0v) is 26.3. The number of hydrogen-bond acceptors (Lipinski definition) is 4. The largest absolute Gasteiger partial charge is 0.256 e. The Morgan fingerprint density at radius 3 is 2.11 bits per heavy atom. The molecule has 0 bridgehead atoms. The molecule has 0 atom stereocenters. The first kappa shape index (κ1) is 26.9. The van der Waals surface area contributed by atoms with Gasteiger partial charge in [-0.15, -0.1) is 11.3 Å². The summed E-state index contributed by atoms with van der Waals surface area (Å²) in [5.74, 6) is 0.737. The van der Waals surface area contributed by atoms with Crippen molar-refractivity contribution in [2.75, 3.05) is 0 Å². The highest BCUT2D eigenvalue weighted by Gasteiger charge is 2.40. The minimum atomic E-state index is -0.238. The van der Waals surface area contributed by atoms with Crippen molar-refractivity contribution in [1.82, 2.24) is 15.0 Å². The summed E-state index contributed by atoms with van der Waals surface area (Å²) in [6.45, 7) is 4.58. The fourth-order valence-corrected chi connectivity index (χ4v) is 8.33. The van der Waals surface area contributed by atoms with Gasteiger partial charge in [-0.3, -0.25) is 4.98 Å². The predicted octanol–water partition coefficient (Wildman–Crippen LogP) is 11.2. The molecule has 8 aromatic rings. The SMILES string of the molecule is CC1(C)c2ccccc2-c2nc(-c3cccc(-c4cccc5c4sc4ccccc45)c3)nc(-c3ccc(-c4ccccn4)cc3)c21. The van der Waals surface area contributed by atoms with Crippen molar-refractivity contribution in [2.45, 2.75) is 19.3 Å². The Labute approximate surface area is 271 Å². The zero-order chi connectivity index (χ0) is 30.8. The van der Waals surface area contributed by atoms with Gasteiger partial charge in [-0.2, -0.15) is 0 Å². The summed E-state index contributed by atoms with van der Waals surface area (Å²) >= 11 is 1.86. The Balaban J connectivity index is 1.23. The van der Waals surface area contributed by atoms with E-state index in [1.165, 1.54) is 48.0 Å². The molecule has 0 amide bonds. The smallest absolute Gasteiger partial charge is 0.160 e. The number of pyridine rings is 1. The van der Waals surface area contributed by atoms with Crippen LogP contribution in [0.2, 0.25) is 0 Å². The average Bonchev–Trinajstić information content (AvgIpc) is 3.61. The van der Waals surface area contributed by atoms with Gasteiger partial charge >= 0.3 is 0 Å². The van der Waals surface area contributed by atoms with Crippen molar-refractivity contribution < 1.29 is 0 Å². The topological polar surface area (TPSA) is 38.7 Å². The minimum Gasteiger partial charge on any atom is -0.256 e. The van der Waals surface area contributed by atoms with E-state index in [4.69, 9.17) is 9.97 Å². The molecular weight excluding hydrogens is 579 g/mol. The van der Waals surface area contributed by atoms with E-state index in [2.05, 4.69) is 134 Å². The van der Waals surface area contributed by atoms with Crippen molar-refractivity contribution in [2.24, 2.45) is 0 Å². The van der Waals surface area contributed by atoms with Gasteiger partial charge in [-0.05, 0) is 41.0 Å². The van der Waals surface area contributed by atoms with E-state index >= 15 is 0 Å². The number of nitrogens with zero attached hydrogens (tertiary/aromatic N) is 3. The summed E-state index contributed by atoms with van der Waals surface area (Å²) in [6, 6.07) is 47.3. The second kappa shape index (κ2) is 10.3. The van der Waals surface area contributed by atoms with Gasteiger partial charge in [0.2, 0.25) is 0 Å². The van der Waals surface area contributed by atoms with Gasteiger partial charge in [0.25, 0.3) is 0 Å². The van der Waals surface area contributed by atoms with Crippen molar-refractivity contribution in [3.8, 4) is 56.3 Å². The highest BCUT2D eigenvalue weighted by molar-refractivity contribution is 7.26. The van der Waals surface area contributed by atoms with Gasteiger partial charge < -0.3 is 0 Å². The maximum Gasteiger partial charge on any atom is 0.160 e. The highest BCUT2D eigenvalue weighted by atomic mass is 32.1. The molecule has 3 aromatic heterocycles. The van der Waals surface area contributed by atoms with Gasteiger partial charge in [0.1, 0.15) is 0 Å². The Morgan fingerprint density at radius 2 is 1.24 bits per heavy atom. The van der Waals surface area contributed by atoms with Crippen LogP contribution in [0.25, 0.3) is 76.5 Å². The highest BCUT2D eigenvalue weighted by Crippen LogP contribution is 2.51.